The lowest BCUT2D eigenvalue weighted by molar-refractivity contribution is -0.154. The first kappa shape index (κ1) is 24.2. The van der Waals surface area contributed by atoms with Crippen molar-refractivity contribution in [3.05, 3.63) is 76.9 Å². The summed E-state index contributed by atoms with van der Waals surface area (Å²) in [5, 5.41) is 3.21. The number of nitrogens with one attached hydrogen (secondary N) is 1. The third kappa shape index (κ3) is 4.92. The number of hydrogen-bond donors (Lipinski definition) is 1. The van der Waals surface area contributed by atoms with Gasteiger partial charge in [0.2, 0.25) is 0 Å². The molecule has 1 saturated heterocycles. The molecule has 2 heterocycles. The molecule has 0 spiro atoms. The van der Waals surface area contributed by atoms with Gasteiger partial charge in [0, 0.05) is 24.9 Å². The highest BCUT2D eigenvalue weighted by Crippen LogP contribution is 2.33. The minimum Gasteiger partial charge on any atom is -0.462 e. The van der Waals surface area contributed by atoms with E-state index < -0.39 is 0 Å². The Morgan fingerprint density at radius 3 is 2.67 bits per heavy atom. The molecule has 36 heavy (non-hydrogen) atoms. The lowest BCUT2D eigenvalue weighted by Crippen LogP contribution is -2.29. The Balaban J connectivity index is 1.48. The fourth-order valence-electron chi connectivity index (χ4n) is 5.45. The summed E-state index contributed by atoms with van der Waals surface area (Å²) in [5.74, 6) is -0.0359. The molecular formula is C29H32FN3O3. The van der Waals surface area contributed by atoms with Crippen molar-refractivity contribution in [1.29, 1.82) is 0 Å². The van der Waals surface area contributed by atoms with E-state index in [0.717, 1.165) is 42.5 Å². The van der Waals surface area contributed by atoms with Gasteiger partial charge in [-0.15, -0.1) is 0 Å². The second kappa shape index (κ2) is 10.2. The largest absolute Gasteiger partial charge is 0.462 e. The van der Waals surface area contributed by atoms with Crippen molar-refractivity contribution in [3.8, 4) is 11.4 Å². The first-order valence-electron chi connectivity index (χ1n) is 12.8. The summed E-state index contributed by atoms with van der Waals surface area (Å²) >= 11 is 0. The van der Waals surface area contributed by atoms with Crippen LogP contribution in [0, 0.1) is 5.82 Å². The molecular weight excluding hydrogens is 457 g/mol. The van der Waals surface area contributed by atoms with Crippen molar-refractivity contribution in [1.82, 2.24) is 14.9 Å². The van der Waals surface area contributed by atoms with Gasteiger partial charge in [-0.1, -0.05) is 38.1 Å². The molecule has 2 atom stereocenters. The van der Waals surface area contributed by atoms with E-state index in [1.807, 2.05) is 26.0 Å². The first-order chi connectivity index (χ1) is 17.4. The van der Waals surface area contributed by atoms with Crippen molar-refractivity contribution < 1.29 is 18.7 Å². The number of nitrogens with zero attached hydrogens (tertiary/aromatic N) is 2. The van der Waals surface area contributed by atoms with E-state index >= 15 is 0 Å². The van der Waals surface area contributed by atoms with Crippen LogP contribution in [-0.4, -0.2) is 27.5 Å². The molecule has 1 aliphatic heterocycles. The van der Waals surface area contributed by atoms with Crippen LogP contribution in [0.25, 0.3) is 11.4 Å². The molecule has 1 fully saturated rings. The van der Waals surface area contributed by atoms with Crippen LogP contribution in [0.1, 0.15) is 85.2 Å². The number of amides is 1. The topological polar surface area (TPSA) is 73.2 Å². The third-order valence-electron chi connectivity index (χ3n) is 7.19. The van der Waals surface area contributed by atoms with Gasteiger partial charge in [0.05, 0.1) is 11.7 Å². The van der Waals surface area contributed by atoms with Gasteiger partial charge < -0.3 is 14.6 Å². The lowest BCUT2D eigenvalue weighted by atomic mass is 10.0. The van der Waals surface area contributed by atoms with Gasteiger partial charge in [-0.25, -0.2) is 9.37 Å². The van der Waals surface area contributed by atoms with Crippen LogP contribution in [0.4, 0.5) is 4.39 Å². The fourth-order valence-corrected chi connectivity index (χ4v) is 5.45. The highest BCUT2D eigenvalue weighted by Gasteiger charge is 2.30. The fraction of sp³-hybridized carbons (Fsp3) is 0.414. The molecule has 0 bridgehead atoms. The number of esters is 1. The van der Waals surface area contributed by atoms with Crippen molar-refractivity contribution in [3.63, 3.8) is 0 Å². The number of ether oxygens (including phenoxy) is 1. The van der Waals surface area contributed by atoms with Gasteiger partial charge in [-0.05, 0) is 67.0 Å². The van der Waals surface area contributed by atoms with Crippen LogP contribution in [-0.2, 0) is 22.5 Å². The minimum atomic E-state index is -0.326. The standard InChI is InChI=1S/C29H32FN3O3/c1-18(2)27-26(29(35)31-24-15-12-19-6-3-4-8-23(19)24)32-28(20-10-13-21(30)14-11-20)33(27)17-16-22-7-5-9-25(34)36-22/h3-4,6,8,10-11,13-14,18,22,24H,5,7,9,12,15-17H2,1-2H3,(H,31,35). The molecule has 2 aliphatic rings. The number of halogens is 1. The molecule has 6 nitrogen and oxygen atoms in total. The smallest absolute Gasteiger partial charge is 0.306 e. The second-order valence-corrected chi connectivity index (χ2v) is 10.0. The number of cyclic esters (lactones) is 1. The van der Waals surface area contributed by atoms with E-state index in [0.29, 0.717) is 30.9 Å². The molecule has 2 aromatic carbocycles. The van der Waals surface area contributed by atoms with E-state index in [1.165, 1.54) is 17.7 Å². The molecule has 3 aromatic rings. The normalized spacial score (nSPS) is 19.3. The van der Waals surface area contributed by atoms with Crippen LogP contribution in [0.3, 0.4) is 0 Å². The average molecular weight is 490 g/mol. The number of aromatic nitrogens is 2. The number of carbonyl (C=O) groups excluding carboxylic acids is 2. The van der Waals surface area contributed by atoms with Crippen molar-refractivity contribution in [2.45, 2.75) is 77.0 Å². The lowest BCUT2D eigenvalue weighted by Gasteiger charge is -2.23. The van der Waals surface area contributed by atoms with Gasteiger partial charge in [-0.2, -0.15) is 0 Å². The van der Waals surface area contributed by atoms with Gasteiger partial charge in [0.15, 0.2) is 0 Å². The predicted molar refractivity (Wildman–Crippen MR) is 135 cm³/mol. The van der Waals surface area contributed by atoms with Crippen molar-refractivity contribution in [2.24, 2.45) is 0 Å². The first-order valence-corrected chi connectivity index (χ1v) is 12.8. The van der Waals surface area contributed by atoms with Gasteiger partial charge in [0.25, 0.3) is 5.91 Å². The molecule has 2 unspecified atom stereocenters. The molecule has 1 aromatic heterocycles. The van der Waals surface area contributed by atoms with Crippen LogP contribution >= 0.6 is 0 Å². The van der Waals surface area contributed by atoms with E-state index in [4.69, 9.17) is 9.72 Å². The van der Waals surface area contributed by atoms with E-state index in [9.17, 15) is 14.0 Å². The zero-order chi connectivity index (χ0) is 25.2. The molecule has 1 N–H and O–H groups in total. The minimum absolute atomic E-state index is 0.0252. The molecule has 0 radical (unpaired) electrons. The summed E-state index contributed by atoms with van der Waals surface area (Å²) in [6.45, 7) is 4.64. The summed E-state index contributed by atoms with van der Waals surface area (Å²) in [5.41, 5.74) is 4.40. The summed E-state index contributed by atoms with van der Waals surface area (Å²) in [6.07, 6.45) is 4.40. The van der Waals surface area contributed by atoms with E-state index in [1.54, 1.807) is 12.1 Å². The summed E-state index contributed by atoms with van der Waals surface area (Å²) in [4.78, 5) is 30.2. The second-order valence-electron chi connectivity index (χ2n) is 10.0. The van der Waals surface area contributed by atoms with Crippen LogP contribution in [0.15, 0.2) is 48.5 Å². The zero-order valence-corrected chi connectivity index (χ0v) is 20.8. The number of imidazole rings is 1. The third-order valence-corrected chi connectivity index (χ3v) is 7.19. The number of fused-ring (bicyclic) bond motifs is 1. The Bertz CT molecular complexity index is 1270. The Hall–Kier alpha value is -3.48. The molecule has 188 valence electrons. The highest BCUT2D eigenvalue weighted by atomic mass is 19.1. The SMILES string of the molecule is CC(C)c1c(C(=O)NC2CCc3ccccc32)nc(-c2ccc(F)cc2)n1CCC1CCCC(=O)O1. The highest BCUT2D eigenvalue weighted by molar-refractivity contribution is 5.95. The van der Waals surface area contributed by atoms with Gasteiger partial charge in [-0.3, -0.25) is 9.59 Å². The van der Waals surface area contributed by atoms with E-state index in [-0.39, 0.29) is 35.8 Å². The molecule has 7 heteroatoms. The molecule has 1 aliphatic carbocycles. The zero-order valence-electron chi connectivity index (χ0n) is 20.8. The number of hydrogen-bond acceptors (Lipinski definition) is 4. The quantitative estimate of drug-likeness (QED) is 0.431. The molecule has 0 saturated carbocycles. The number of rotatable bonds is 7. The Kier molecular flexibility index (Phi) is 6.90. The summed E-state index contributed by atoms with van der Waals surface area (Å²) < 4.78 is 21.3. The van der Waals surface area contributed by atoms with Crippen molar-refractivity contribution in [2.75, 3.05) is 0 Å². The summed E-state index contributed by atoms with van der Waals surface area (Å²) in [6, 6.07) is 14.4. The number of aryl methyl sites for hydroxylation is 1. The monoisotopic (exact) mass is 489 g/mol. The number of carbonyl (C=O) groups is 2. The Morgan fingerprint density at radius 2 is 1.92 bits per heavy atom. The van der Waals surface area contributed by atoms with Gasteiger partial charge >= 0.3 is 5.97 Å². The maximum absolute atomic E-state index is 13.7. The number of benzene rings is 2. The maximum atomic E-state index is 13.7. The Labute approximate surface area is 210 Å². The molecule has 1 amide bonds. The van der Waals surface area contributed by atoms with Gasteiger partial charge in [0.1, 0.15) is 23.4 Å². The van der Waals surface area contributed by atoms with Crippen LogP contribution in [0.2, 0.25) is 0 Å². The maximum Gasteiger partial charge on any atom is 0.306 e. The summed E-state index contributed by atoms with van der Waals surface area (Å²) in [7, 11) is 0. The van der Waals surface area contributed by atoms with Crippen LogP contribution < -0.4 is 5.32 Å². The Morgan fingerprint density at radius 1 is 1.14 bits per heavy atom. The van der Waals surface area contributed by atoms with Crippen molar-refractivity contribution >= 4 is 11.9 Å². The van der Waals surface area contributed by atoms with Crippen LogP contribution in [0.5, 0.6) is 0 Å². The van der Waals surface area contributed by atoms with E-state index in [2.05, 4.69) is 22.0 Å². The molecule has 5 rings (SSSR count). The average Bonchev–Trinajstić information content (AvgIpc) is 3.45. The predicted octanol–water partition coefficient (Wildman–Crippen LogP) is 5.72.